The Morgan fingerprint density at radius 3 is 2.58 bits per heavy atom. The van der Waals surface area contributed by atoms with E-state index in [4.69, 9.17) is 0 Å². The molecular formula is C20H21F3N6O2. The van der Waals surface area contributed by atoms with Gasteiger partial charge < -0.3 is 10.0 Å². The Labute approximate surface area is 175 Å². The van der Waals surface area contributed by atoms with Gasteiger partial charge in [-0.2, -0.15) is 33.3 Å². The van der Waals surface area contributed by atoms with Crippen molar-refractivity contribution in [1.82, 2.24) is 29.7 Å². The van der Waals surface area contributed by atoms with Crippen LogP contribution in [0.1, 0.15) is 47.8 Å². The second-order valence-electron chi connectivity index (χ2n) is 7.57. The van der Waals surface area contributed by atoms with Gasteiger partial charge in [0.2, 0.25) is 0 Å². The number of halogens is 3. The smallest absolute Gasteiger partial charge is 0.379 e. The maximum atomic E-state index is 13.4. The van der Waals surface area contributed by atoms with E-state index in [1.54, 1.807) is 29.2 Å². The van der Waals surface area contributed by atoms with Crippen molar-refractivity contribution < 1.29 is 23.1 Å². The predicted molar refractivity (Wildman–Crippen MR) is 103 cm³/mol. The zero-order chi connectivity index (χ0) is 22.2. The third-order valence-corrected chi connectivity index (χ3v) is 5.51. The Bertz CT molecular complexity index is 1050. The van der Waals surface area contributed by atoms with Crippen molar-refractivity contribution in [2.75, 3.05) is 6.54 Å². The number of carbonyl (C=O) groups is 1. The van der Waals surface area contributed by atoms with E-state index >= 15 is 0 Å². The number of aliphatic hydroxyl groups excluding tert-OH is 1. The maximum absolute atomic E-state index is 13.4. The minimum absolute atomic E-state index is 0.0572. The number of rotatable bonds is 4. The molecule has 1 fully saturated rings. The standard InChI is InChI=1S/C20H21F3N6O2/c1-13-6-7-15(28-11-14(10-26-28)18(30)20(21,22)23)12-27(13)19(31)16-4-2-3-5-17(16)29-24-8-9-25-29/h2-5,8-11,13,15,18,30H,6-7,12H2,1H3/t13-,15-,18+/m1/s1. The molecule has 3 atom stereocenters. The third kappa shape index (κ3) is 4.18. The van der Waals surface area contributed by atoms with E-state index in [0.717, 1.165) is 6.20 Å². The van der Waals surface area contributed by atoms with E-state index < -0.39 is 12.3 Å². The SMILES string of the molecule is C[C@@H]1CC[C@@H](n2cc([C@H](O)C(F)(F)F)cn2)CN1C(=O)c1ccccc1-n1nccn1. The van der Waals surface area contributed by atoms with Crippen molar-refractivity contribution in [3.8, 4) is 5.69 Å². The van der Waals surface area contributed by atoms with Gasteiger partial charge in [0.25, 0.3) is 5.91 Å². The van der Waals surface area contributed by atoms with E-state index in [2.05, 4.69) is 15.3 Å². The molecule has 1 saturated heterocycles. The number of aliphatic hydroxyl groups is 1. The molecule has 0 aliphatic carbocycles. The highest BCUT2D eigenvalue weighted by Crippen LogP contribution is 2.34. The zero-order valence-corrected chi connectivity index (χ0v) is 16.6. The highest BCUT2D eigenvalue weighted by atomic mass is 19.4. The summed E-state index contributed by atoms with van der Waals surface area (Å²) in [6, 6.07) is 6.63. The molecule has 1 N–H and O–H groups in total. The molecule has 4 rings (SSSR count). The fourth-order valence-corrected chi connectivity index (χ4v) is 3.79. The first-order valence-corrected chi connectivity index (χ1v) is 9.81. The number of amides is 1. The van der Waals surface area contributed by atoms with Crippen LogP contribution in [0.15, 0.2) is 49.1 Å². The number of alkyl halides is 3. The number of hydrogen-bond donors (Lipinski definition) is 1. The molecule has 1 aliphatic heterocycles. The Balaban J connectivity index is 1.57. The van der Waals surface area contributed by atoms with Gasteiger partial charge in [0, 0.05) is 24.3 Å². The van der Waals surface area contributed by atoms with Crippen LogP contribution < -0.4 is 0 Å². The van der Waals surface area contributed by atoms with Crippen LogP contribution >= 0.6 is 0 Å². The van der Waals surface area contributed by atoms with Gasteiger partial charge in [-0.3, -0.25) is 9.48 Å². The molecule has 8 nitrogen and oxygen atoms in total. The zero-order valence-electron chi connectivity index (χ0n) is 16.6. The quantitative estimate of drug-likeness (QED) is 0.682. The lowest BCUT2D eigenvalue weighted by molar-refractivity contribution is -0.206. The minimum Gasteiger partial charge on any atom is -0.379 e. The van der Waals surface area contributed by atoms with Gasteiger partial charge in [-0.1, -0.05) is 12.1 Å². The van der Waals surface area contributed by atoms with Crippen molar-refractivity contribution in [2.45, 2.75) is 44.1 Å². The molecule has 31 heavy (non-hydrogen) atoms. The fraction of sp³-hybridized carbons (Fsp3) is 0.400. The minimum atomic E-state index is -4.76. The van der Waals surface area contributed by atoms with E-state index in [9.17, 15) is 23.1 Å². The molecule has 0 radical (unpaired) electrons. The molecule has 1 amide bonds. The molecule has 164 valence electrons. The Hall–Kier alpha value is -3.21. The van der Waals surface area contributed by atoms with Crippen LogP contribution in [0.5, 0.6) is 0 Å². The topological polar surface area (TPSA) is 89.1 Å². The summed E-state index contributed by atoms with van der Waals surface area (Å²) >= 11 is 0. The molecule has 1 aliphatic rings. The molecule has 0 saturated carbocycles. The summed E-state index contributed by atoms with van der Waals surface area (Å²) in [7, 11) is 0. The van der Waals surface area contributed by atoms with Gasteiger partial charge in [-0.25, -0.2) is 0 Å². The van der Waals surface area contributed by atoms with Crippen molar-refractivity contribution in [3.63, 3.8) is 0 Å². The number of para-hydroxylation sites is 1. The molecule has 0 unspecified atom stereocenters. The number of nitrogens with zero attached hydrogens (tertiary/aromatic N) is 6. The molecule has 1 aromatic carbocycles. The summed E-state index contributed by atoms with van der Waals surface area (Å²) in [5.74, 6) is -0.215. The molecule has 3 heterocycles. The van der Waals surface area contributed by atoms with Gasteiger partial charge in [0.1, 0.15) is 0 Å². The van der Waals surface area contributed by atoms with E-state index in [1.165, 1.54) is 28.1 Å². The largest absolute Gasteiger partial charge is 0.418 e. The van der Waals surface area contributed by atoms with Crippen molar-refractivity contribution in [1.29, 1.82) is 0 Å². The van der Waals surface area contributed by atoms with Crippen LogP contribution in [0, 0.1) is 0 Å². The molecule has 0 bridgehead atoms. The summed E-state index contributed by atoms with van der Waals surface area (Å²) in [5, 5.41) is 21.7. The number of likely N-dealkylation sites (tertiary alicyclic amines) is 1. The fourth-order valence-electron chi connectivity index (χ4n) is 3.79. The van der Waals surface area contributed by atoms with Crippen LogP contribution in [0.3, 0.4) is 0 Å². The lowest BCUT2D eigenvalue weighted by atomic mass is 9.98. The Morgan fingerprint density at radius 1 is 1.16 bits per heavy atom. The van der Waals surface area contributed by atoms with Crippen LogP contribution in [-0.2, 0) is 0 Å². The Morgan fingerprint density at radius 2 is 1.87 bits per heavy atom. The lowest BCUT2D eigenvalue weighted by Crippen LogP contribution is -2.46. The lowest BCUT2D eigenvalue weighted by Gasteiger charge is -2.38. The van der Waals surface area contributed by atoms with E-state index in [-0.39, 0.29) is 30.1 Å². The van der Waals surface area contributed by atoms with Crippen molar-refractivity contribution in [3.05, 3.63) is 60.2 Å². The normalized spacial score (nSPS) is 20.6. The number of hydrogen-bond acceptors (Lipinski definition) is 5. The van der Waals surface area contributed by atoms with E-state index in [1.807, 2.05) is 6.92 Å². The average Bonchev–Trinajstić information content (AvgIpc) is 3.45. The second-order valence-corrected chi connectivity index (χ2v) is 7.57. The maximum Gasteiger partial charge on any atom is 0.418 e. The van der Waals surface area contributed by atoms with Gasteiger partial charge in [0.05, 0.1) is 35.9 Å². The molecular weight excluding hydrogens is 413 g/mol. The molecule has 3 aromatic rings. The van der Waals surface area contributed by atoms with Crippen LogP contribution in [0.25, 0.3) is 5.69 Å². The number of benzene rings is 1. The summed E-state index contributed by atoms with van der Waals surface area (Å²) in [6.07, 6.45) is -0.788. The van der Waals surface area contributed by atoms with Crippen molar-refractivity contribution >= 4 is 5.91 Å². The van der Waals surface area contributed by atoms with Gasteiger partial charge >= 0.3 is 6.18 Å². The monoisotopic (exact) mass is 434 g/mol. The van der Waals surface area contributed by atoms with Gasteiger partial charge in [-0.15, -0.1) is 0 Å². The molecule has 11 heteroatoms. The number of carbonyl (C=O) groups excluding carboxylic acids is 1. The third-order valence-electron chi connectivity index (χ3n) is 5.51. The average molecular weight is 434 g/mol. The van der Waals surface area contributed by atoms with Crippen molar-refractivity contribution in [2.24, 2.45) is 0 Å². The predicted octanol–water partition coefficient (Wildman–Crippen LogP) is 2.93. The highest BCUT2D eigenvalue weighted by molar-refractivity contribution is 5.98. The van der Waals surface area contributed by atoms with Gasteiger partial charge in [0.15, 0.2) is 6.10 Å². The summed E-state index contributed by atoms with van der Waals surface area (Å²) in [5.41, 5.74) is 0.653. The first kappa shape index (κ1) is 21.0. The van der Waals surface area contributed by atoms with Crippen LogP contribution in [-0.4, -0.2) is 59.5 Å². The summed E-state index contributed by atoms with van der Waals surface area (Å²) in [6.45, 7) is 2.22. The summed E-state index contributed by atoms with van der Waals surface area (Å²) in [4.78, 5) is 16.5. The number of aromatic nitrogens is 5. The Kier molecular flexibility index (Phi) is 5.52. The van der Waals surface area contributed by atoms with Crippen LogP contribution in [0.4, 0.5) is 13.2 Å². The molecule has 0 spiro atoms. The summed E-state index contributed by atoms with van der Waals surface area (Å²) < 4.78 is 39.8. The second kappa shape index (κ2) is 8.14. The first-order valence-electron chi connectivity index (χ1n) is 9.81. The van der Waals surface area contributed by atoms with Crippen LogP contribution in [0.2, 0.25) is 0 Å². The molecule has 2 aromatic heterocycles. The first-order chi connectivity index (χ1) is 14.8. The van der Waals surface area contributed by atoms with Gasteiger partial charge in [-0.05, 0) is 31.9 Å². The number of piperidine rings is 1. The van der Waals surface area contributed by atoms with E-state index in [0.29, 0.717) is 24.1 Å². The highest BCUT2D eigenvalue weighted by Gasteiger charge is 2.40.